The van der Waals surface area contributed by atoms with E-state index in [4.69, 9.17) is 0 Å². The topological polar surface area (TPSA) is 45.5 Å². The maximum absolute atomic E-state index is 4.16. The van der Waals surface area contributed by atoms with Gasteiger partial charge in [0.05, 0.1) is 6.54 Å². The quantitative estimate of drug-likeness (QED) is 0.763. The predicted octanol–water partition coefficient (Wildman–Crippen LogP) is 0.866. The van der Waals surface area contributed by atoms with E-state index in [1.54, 1.807) is 6.20 Å². The van der Waals surface area contributed by atoms with Crippen molar-refractivity contribution in [1.29, 1.82) is 0 Å². The summed E-state index contributed by atoms with van der Waals surface area (Å²) in [6, 6.07) is 12.5. The second kappa shape index (κ2) is 4.07. The second-order valence-electron chi connectivity index (χ2n) is 3.34. The first-order chi connectivity index (χ1) is 6.86. The number of quaternary nitrogens is 1. The van der Waals surface area contributed by atoms with Crippen LogP contribution in [0.2, 0.25) is 0 Å². The number of hydrogen-bond donors (Lipinski definition) is 1. The fourth-order valence-electron chi connectivity index (χ4n) is 1.46. The first-order valence-corrected chi connectivity index (χ1v) is 4.72. The third kappa shape index (κ3) is 2.00. The summed E-state index contributed by atoms with van der Waals surface area (Å²) in [5.41, 5.74) is 5.38. The minimum absolute atomic E-state index is 0.260. The van der Waals surface area contributed by atoms with Crippen molar-refractivity contribution in [1.82, 2.24) is 9.78 Å². The Balaban J connectivity index is 2.07. The Morgan fingerprint density at radius 3 is 2.64 bits per heavy atom. The van der Waals surface area contributed by atoms with Gasteiger partial charge in [0, 0.05) is 18.0 Å². The Bertz CT molecular complexity index is 367. The van der Waals surface area contributed by atoms with Crippen molar-refractivity contribution in [3.63, 3.8) is 0 Å². The number of benzene rings is 1. The number of aromatic nitrogens is 2. The molecule has 0 amide bonds. The monoisotopic (exact) mass is 188 g/mol. The van der Waals surface area contributed by atoms with E-state index in [1.807, 2.05) is 35.1 Å². The van der Waals surface area contributed by atoms with Crippen LogP contribution in [0.15, 0.2) is 48.8 Å². The molecule has 0 saturated heterocycles. The fourth-order valence-corrected chi connectivity index (χ4v) is 1.46. The van der Waals surface area contributed by atoms with Gasteiger partial charge in [0.15, 0.2) is 0 Å². The van der Waals surface area contributed by atoms with Crippen molar-refractivity contribution in [2.45, 2.75) is 12.6 Å². The van der Waals surface area contributed by atoms with E-state index in [0.717, 1.165) is 6.54 Å². The van der Waals surface area contributed by atoms with Crippen LogP contribution in [0.1, 0.15) is 11.6 Å². The molecule has 1 aromatic carbocycles. The molecular formula is C11H14N3+. The van der Waals surface area contributed by atoms with Crippen LogP contribution < -0.4 is 5.73 Å². The van der Waals surface area contributed by atoms with Crippen molar-refractivity contribution in [2.75, 3.05) is 0 Å². The molecule has 0 unspecified atom stereocenters. The first-order valence-electron chi connectivity index (χ1n) is 4.72. The molecule has 0 spiro atoms. The van der Waals surface area contributed by atoms with Crippen LogP contribution in [-0.2, 0) is 6.54 Å². The molecule has 0 bridgehead atoms. The summed E-state index contributed by atoms with van der Waals surface area (Å²) in [5, 5.41) is 4.16. The van der Waals surface area contributed by atoms with Crippen molar-refractivity contribution in [3.8, 4) is 0 Å². The molecule has 3 nitrogen and oxygen atoms in total. The van der Waals surface area contributed by atoms with Gasteiger partial charge >= 0.3 is 0 Å². The summed E-state index contributed by atoms with van der Waals surface area (Å²) < 4.78 is 1.91. The third-order valence-corrected chi connectivity index (χ3v) is 2.24. The van der Waals surface area contributed by atoms with Gasteiger partial charge in [-0.15, -0.1) is 0 Å². The van der Waals surface area contributed by atoms with Gasteiger partial charge in [0.25, 0.3) is 0 Å². The van der Waals surface area contributed by atoms with Gasteiger partial charge in [-0.05, 0) is 6.07 Å². The Hall–Kier alpha value is -1.61. The maximum atomic E-state index is 4.16. The van der Waals surface area contributed by atoms with Gasteiger partial charge in [0.1, 0.15) is 6.04 Å². The maximum Gasteiger partial charge on any atom is 0.130 e. The molecule has 1 heterocycles. The van der Waals surface area contributed by atoms with E-state index in [1.165, 1.54) is 5.56 Å². The van der Waals surface area contributed by atoms with Crippen LogP contribution >= 0.6 is 0 Å². The van der Waals surface area contributed by atoms with E-state index in [9.17, 15) is 0 Å². The molecule has 0 saturated carbocycles. The number of hydrogen-bond acceptors (Lipinski definition) is 1. The van der Waals surface area contributed by atoms with Crippen molar-refractivity contribution in [3.05, 3.63) is 54.4 Å². The second-order valence-corrected chi connectivity index (χ2v) is 3.34. The molecule has 3 N–H and O–H groups in total. The van der Waals surface area contributed by atoms with Gasteiger partial charge in [-0.2, -0.15) is 5.10 Å². The Labute approximate surface area is 83.2 Å². The lowest BCUT2D eigenvalue weighted by molar-refractivity contribution is -0.430. The Kier molecular flexibility index (Phi) is 2.60. The fraction of sp³-hybridized carbons (Fsp3) is 0.182. The highest BCUT2D eigenvalue weighted by Gasteiger charge is 2.09. The minimum Gasteiger partial charge on any atom is -0.350 e. The van der Waals surface area contributed by atoms with Gasteiger partial charge < -0.3 is 5.73 Å². The van der Waals surface area contributed by atoms with Gasteiger partial charge in [0.2, 0.25) is 0 Å². The van der Waals surface area contributed by atoms with Crippen molar-refractivity contribution in [2.24, 2.45) is 0 Å². The van der Waals surface area contributed by atoms with Crippen LogP contribution in [0.25, 0.3) is 0 Å². The highest BCUT2D eigenvalue weighted by Crippen LogP contribution is 2.08. The average molecular weight is 188 g/mol. The van der Waals surface area contributed by atoms with Gasteiger partial charge in [-0.3, -0.25) is 4.68 Å². The summed E-state index contributed by atoms with van der Waals surface area (Å²) in [6.45, 7) is 0.830. The molecule has 0 aliphatic carbocycles. The van der Waals surface area contributed by atoms with E-state index < -0.39 is 0 Å². The molecule has 0 aliphatic rings. The third-order valence-electron chi connectivity index (χ3n) is 2.24. The van der Waals surface area contributed by atoms with Crippen LogP contribution in [0.4, 0.5) is 0 Å². The molecule has 14 heavy (non-hydrogen) atoms. The summed E-state index contributed by atoms with van der Waals surface area (Å²) in [7, 11) is 0. The van der Waals surface area contributed by atoms with Gasteiger partial charge in [-0.25, -0.2) is 0 Å². The molecule has 1 aromatic heterocycles. The van der Waals surface area contributed by atoms with E-state index in [0.29, 0.717) is 0 Å². The lowest BCUT2D eigenvalue weighted by atomic mass is 10.1. The van der Waals surface area contributed by atoms with Gasteiger partial charge in [-0.1, -0.05) is 30.3 Å². The van der Waals surface area contributed by atoms with Crippen LogP contribution in [0, 0.1) is 0 Å². The van der Waals surface area contributed by atoms with Crippen molar-refractivity contribution < 1.29 is 5.73 Å². The highest BCUT2D eigenvalue weighted by atomic mass is 15.3. The normalized spacial score (nSPS) is 12.6. The molecule has 2 rings (SSSR count). The zero-order valence-corrected chi connectivity index (χ0v) is 8.00. The predicted molar refractivity (Wildman–Crippen MR) is 54.3 cm³/mol. The molecule has 2 aromatic rings. The zero-order valence-electron chi connectivity index (χ0n) is 8.00. The molecule has 72 valence electrons. The summed E-state index contributed by atoms with van der Waals surface area (Å²) in [6.07, 6.45) is 3.75. The standard InChI is InChI=1S/C11H13N3/c12-11(9-14-8-4-7-13-14)10-5-2-1-3-6-10/h1-8,11H,9,12H2/p+1/t11-/m0/s1. The zero-order chi connectivity index (χ0) is 9.80. The van der Waals surface area contributed by atoms with E-state index in [2.05, 4.69) is 23.0 Å². The molecule has 1 atom stereocenters. The molecule has 0 fully saturated rings. The Morgan fingerprint density at radius 2 is 2.00 bits per heavy atom. The van der Waals surface area contributed by atoms with Crippen LogP contribution in [-0.4, -0.2) is 9.78 Å². The lowest BCUT2D eigenvalue weighted by Crippen LogP contribution is -2.55. The largest absolute Gasteiger partial charge is 0.350 e. The summed E-state index contributed by atoms with van der Waals surface area (Å²) >= 11 is 0. The van der Waals surface area contributed by atoms with E-state index >= 15 is 0 Å². The number of nitrogens with zero attached hydrogens (tertiary/aromatic N) is 2. The smallest absolute Gasteiger partial charge is 0.130 e. The summed E-state index contributed by atoms with van der Waals surface area (Å²) in [4.78, 5) is 0. The molecule has 0 radical (unpaired) electrons. The lowest BCUT2D eigenvalue weighted by Gasteiger charge is -2.08. The SMILES string of the molecule is [NH3+][C@@H](Cn1cccn1)c1ccccc1. The van der Waals surface area contributed by atoms with Crippen LogP contribution in [0.5, 0.6) is 0 Å². The first kappa shape index (κ1) is 8.97. The van der Waals surface area contributed by atoms with Crippen molar-refractivity contribution >= 4 is 0 Å². The van der Waals surface area contributed by atoms with E-state index in [-0.39, 0.29) is 6.04 Å². The highest BCUT2D eigenvalue weighted by molar-refractivity contribution is 5.16. The molecule has 0 aliphatic heterocycles. The Morgan fingerprint density at radius 1 is 1.21 bits per heavy atom. The number of rotatable bonds is 3. The molecule has 3 heteroatoms. The summed E-state index contributed by atoms with van der Waals surface area (Å²) in [5.74, 6) is 0. The molecular weight excluding hydrogens is 174 g/mol. The average Bonchev–Trinajstić information content (AvgIpc) is 2.72. The van der Waals surface area contributed by atoms with Crippen LogP contribution in [0.3, 0.4) is 0 Å². The minimum atomic E-state index is 0.260.